The van der Waals surface area contributed by atoms with Gasteiger partial charge in [-0.15, -0.1) is 0 Å². The summed E-state index contributed by atoms with van der Waals surface area (Å²) in [6.07, 6.45) is 0. The van der Waals surface area contributed by atoms with Crippen LogP contribution in [0.3, 0.4) is 0 Å². The molecule has 0 bridgehead atoms. The van der Waals surface area contributed by atoms with Gasteiger partial charge in [-0.3, -0.25) is 4.57 Å². The van der Waals surface area contributed by atoms with Gasteiger partial charge in [-0.2, -0.15) is 0 Å². The van der Waals surface area contributed by atoms with E-state index >= 15 is 0 Å². The zero-order valence-electron chi connectivity index (χ0n) is 29.1. The molecule has 0 fully saturated rings. The SMILES string of the molecule is CC1(C)c2ccccc2-c2ccc(-c3ccc(-c4ccc5c(c4)c4ccccc4n5-c4nc(-c5ccccc5)cc(-c5ccccc5)n4)cc3)cc21. The lowest BCUT2D eigenvalue weighted by molar-refractivity contribution is 0.660. The Hall–Kier alpha value is -6.58. The van der Waals surface area contributed by atoms with Crippen molar-refractivity contribution in [1.82, 2.24) is 14.5 Å². The van der Waals surface area contributed by atoms with Gasteiger partial charge in [0, 0.05) is 27.3 Å². The number of hydrogen-bond acceptors (Lipinski definition) is 2. The molecular formula is C49H35N3. The fraction of sp³-hybridized carbons (Fsp3) is 0.0612. The Morgan fingerprint density at radius 2 is 0.904 bits per heavy atom. The smallest absolute Gasteiger partial charge is 0.235 e. The maximum atomic E-state index is 5.19. The van der Waals surface area contributed by atoms with Gasteiger partial charge in [0.15, 0.2) is 0 Å². The molecule has 9 aromatic rings. The van der Waals surface area contributed by atoms with E-state index in [-0.39, 0.29) is 5.41 Å². The summed E-state index contributed by atoms with van der Waals surface area (Å²) in [6, 6.07) is 62.9. The molecule has 2 aromatic heterocycles. The van der Waals surface area contributed by atoms with Gasteiger partial charge in [0.2, 0.25) is 5.95 Å². The van der Waals surface area contributed by atoms with Gasteiger partial charge in [0.1, 0.15) is 0 Å². The summed E-state index contributed by atoms with van der Waals surface area (Å²) < 4.78 is 2.21. The zero-order valence-corrected chi connectivity index (χ0v) is 29.1. The van der Waals surface area contributed by atoms with E-state index in [4.69, 9.17) is 9.97 Å². The Labute approximate surface area is 303 Å². The van der Waals surface area contributed by atoms with Crippen LogP contribution in [0, 0.1) is 0 Å². The summed E-state index contributed by atoms with van der Waals surface area (Å²) >= 11 is 0. The molecule has 0 N–H and O–H groups in total. The first-order valence-electron chi connectivity index (χ1n) is 17.9. The molecule has 10 rings (SSSR count). The lowest BCUT2D eigenvalue weighted by Crippen LogP contribution is -2.14. The summed E-state index contributed by atoms with van der Waals surface area (Å²) in [5, 5.41) is 2.35. The Balaban J connectivity index is 1.06. The minimum atomic E-state index is -0.0204. The van der Waals surface area contributed by atoms with Crippen LogP contribution in [0.2, 0.25) is 0 Å². The number of aromatic nitrogens is 3. The van der Waals surface area contributed by atoms with Crippen LogP contribution in [0.1, 0.15) is 25.0 Å². The van der Waals surface area contributed by atoms with Gasteiger partial charge in [-0.05, 0) is 74.8 Å². The van der Waals surface area contributed by atoms with Crippen LogP contribution in [-0.2, 0) is 5.41 Å². The van der Waals surface area contributed by atoms with Crippen LogP contribution in [0.4, 0.5) is 0 Å². The number of para-hydroxylation sites is 1. The van der Waals surface area contributed by atoms with Crippen molar-refractivity contribution < 1.29 is 0 Å². The Morgan fingerprint density at radius 1 is 0.385 bits per heavy atom. The summed E-state index contributed by atoms with van der Waals surface area (Å²) in [5.41, 5.74) is 16.4. The van der Waals surface area contributed by atoms with E-state index in [2.05, 4.69) is 182 Å². The molecule has 0 unspecified atom stereocenters. The molecule has 7 aromatic carbocycles. The normalized spacial score (nSPS) is 13.0. The van der Waals surface area contributed by atoms with Crippen molar-refractivity contribution in [3.63, 3.8) is 0 Å². The molecule has 52 heavy (non-hydrogen) atoms. The predicted octanol–water partition coefficient (Wildman–Crippen LogP) is 12.5. The van der Waals surface area contributed by atoms with Crippen LogP contribution in [-0.4, -0.2) is 14.5 Å². The summed E-state index contributed by atoms with van der Waals surface area (Å²) in [6.45, 7) is 4.68. The second kappa shape index (κ2) is 11.8. The summed E-state index contributed by atoms with van der Waals surface area (Å²) in [4.78, 5) is 10.4. The fourth-order valence-electron chi connectivity index (χ4n) is 8.16. The first-order chi connectivity index (χ1) is 25.5. The monoisotopic (exact) mass is 665 g/mol. The number of fused-ring (bicyclic) bond motifs is 6. The van der Waals surface area contributed by atoms with E-state index in [1.807, 2.05) is 12.1 Å². The third kappa shape index (κ3) is 4.81. The second-order valence-corrected chi connectivity index (χ2v) is 14.3. The van der Waals surface area contributed by atoms with Crippen molar-refractivity contribution in [1.29, 1.82) is 0 Å². The lowest BCUT2D eigenvalue weighted by atomic mass is 9.81. The van der Waals surface area contributed by atoms with E-state index in [1.54, 1.807) is 0 Å². The quantitative estimate of drug-likeness (QED) is 0.183. The highest BCUT2D eigenvalue weighted by atomic mass is 15.2. The number of rotatable bonds is 5. The Bertz CT molecular complexity index is 2740. The van der Waals surface area contributed by atoms with Gasteiger partial charge in [-0.1, -0.05) is 159 Å². The van der Waals surface area contributed by atoms with Crippen LogP contribution < -0.4 is 0 Å². The number of benzene rings is 7. The molecule has 0 atom stereocenters. The molecule has 0 spiro atoms. The summed E-state index contributed by atoms with van der Waals surface area (Å²) in [5.74, 6) is 0.657. The first kappa shape index (κ1) is 30.3. The Kier molecular flexibility index (Phi) is 6.84. The molecule has 2 heterocycles. The maximum Gasteiger partial charge on any atom is 0.235 e. The van der Waals surface area contributed by atoms with Gasteiger partial charge < -0.3 is 0 Å². The third-order valence-electron chi connectivity index (χ3n) is 10.9. The average molecular weight is 666 g/mol. The van der Waals surface area contributed by atoms with Crippen LogP contribution in [0.5, 0.6) is 0 Å². The highest BCUT2D eigenvalue weighted by Gasteiger charge is 2.35. The Morgan fingerprint density at radius 3 is 1.60 bits per heavy atom. The first-order valence-corrected chi connectivity index (χ1v) is 17.9. The summed E-state index contributed by atoms with van der Waals surface area (Å²) in [7, 11) is 0. The molecule has 1 aliphatic carbocycles. The van der Waals surface area contributed by atoms with E-state index in [9.17, 15) is 0 Å². The van der Waals surface area contributed by atoms with E-state index < -0.39 is 0 Å². The largest absolute Gasteiger partial charge is 0.278 e. The highest BCUT2D eigenvalue weighted by molar-refractivity contribution is 6.10. The topological polar surface area (TPSA) is 30.7 Å². The maximum absolute atomic E-state index is 5.19. The van der Waals surface area contributed by atoms with Gasteiger partial charge >= 0.3 is 0 Å². The molecule has 3 heteroatoms. The predicted molar refractivity (Wildman–Crippen MR) is 216 cm³/mol. The van der Waals surface area contributed by atoms with Crippen molar-refractivity contribution in [3.05, 3.63) is 187 Å². The fourth-order valence-corrected chi connectivity index (χ4v) is 8.16. The molecule has 3 nitrogen and oxygen atoms in total. The lowest BCUT2D eigenvalue weighted by Gasteiger charge is -2.22. The van der Waals surface area contributed by atoms with E-state index in [0.29, 0.717) is 5.95 Å². The molecule has 0 amide bonds. The molecule has 0 radical (unpaired) electrons. The molecule has 0 saturated heterocycles. The van der Waals surface area contributed by atoms with Crippen molar-refractivity contribution in [2.75, 3.05) is 0 Å². The molecule has 246 valence electrons. The third-order valence-corrected chi connectivity index (χ3v) is 10.9. The highest BCUT2D eigenvalue weighted by Crippen LogP contribution is 2.49. The van der Waals surface area contributed by atoms with Crippen molar-refractivity contribution in [3.8, 4) is 61.8 Å². The molecule has 1 aliphatic rings. The van der Waals surface area contributed by atoms with Crippen molar-refractivity contribution >= 4 is 21.8 Å². The van der Waals surface area contributed by atoms with E-state index in [0.717, 1.165) is 33.5 Å². The minimum absolute atomic E-state index is 0.0204. The average Bonchev–Trinajstić information content (AvgIpc) is 3.66. The van der Waals surface area contributed by atoms with Gasteiger partial charge in [0.25, 0.3) is 0 Å². The van der Waals surface area contributed by atoms with Gasteiger partial charge in [-0.25, -0.2) is 9.97 Å². The van der Waals surface area contributed by atoms with Crippen molar-refractivity contribution in [2.45, 2.75) is 19.3 Å². The van der Waals surface area contributed by atoms with Gasteiger partial charge in [0.05, 0.1) is 22.4 Å². The van der Waals surface area contributed by atoms with E-state index in [1.165, 1.54) is 55.3 Å². The minimum Gasteiger partial charge on any atom is -0.278 e. The zero-order chi connectivity index (χ0) is 34.8. The number of hydrogen-bond donors (Lipinski definition) is 0. The molecule has 0 aliphatic heterocycles. The number of nitrogens with zero attached hydrogens (tertiary/aromatic N) is 3. The standard InChI is InChI=1S/C49H35N3/c1-49(2)42-19-11-9-17-38(42)39-27-25-37(30-43(39)49)33-23-21-32(22-24-33)36-26-28-47-41(29-36)40-18-10-12-20-46(40)52(47)48-50-44(34-13-5-3-6-14-34)31-45(51-48)35-15-7-4-8-16-35/h3-31H,1-2H3. The van der Waals surface area contributed by atoms with Crippen LogP contribution >= 0.6 is 0 Å². The van der Waals surface area contributed by atoms with Crippen LogP contribution in [0.25, 0.3) is 83.6 Å². The van der Waals surface area contributed by atoms with Crippen molar-refractivity contribution in [2.24, 2.45) is 0 Å². The second-order valence-electron chi connectivity index (χ2n) is 14.3. The van der Waals surface area contributed by atoms with Crippen LogP contribution in [0.15, 0.2) is 176 Å². The molecular weight excluding hydrogens is 631 g/mol. The molecule has 0 saturated carbocycles.